The Morgan fingerprint density at radius 2 is 1.80 bits per heavy atom. The quantitative estimate of drug-likeness (QED) is 0.487. The molecule has 0 fully saturated rings. The maximum atomic E-state index is 11.1. The highest BCUT2D eigenvalue weighted by Gasteiger charge is 2.03. The second kappa shape index (κ2) is 5.69. The fourth-order valence-electron chi connectivity index (χ4n) is 2.00. The molecular formula is C15H18N4O. The third kappa shape index (κ3) is 3.12. The normalized spacial score (nSPS) is 11.0. The average molecular weight is 270 g/mol. The zero-order valence-corrected chi connectivity index (χ0v) is 12.2. The van der Waals surface area contributed by atoms with Crippen LogP contribution < -0.4 is 9.63 Å². The molecule has 0 spiro atoms. The molecule has 2 aromatic rings. The summed E-state index contributed by atoms with van der Waals surface area (Å²) in [7, 11) is 4.02. The SMILES string of the molecule is Cc1c[n+]([O-])ccc1N=Nc1ccc(N(C)C)c(C)c1. The second-order valence-electron chi connectivity index (χ2n) is 4.94. The lowest BCUT2D eigenvalue weighted by atomic mass is 10.1. The zero-order chi connectivity index (χ0) is 14.7. The van der Waals surface area contributed by atoms with Gasteiger partial charge in [0, 0.05) is 31.4 Å². The van der Waals surface area contributed by atoms with E-state index in [-0.39, 0.29) is 0 Å². The highest BCUT2D eigenvalue weighted by Crippen LogP contribution is 2.25. The lowest BCUT2D eigenvalue weighted by Crippen LogP contribution is -2.24. The number of nitrogens with zero attached hydrogens (tertiary/aromatic N) is 4. The van der Waals surface area contributed by atoms with Crippen LogP contribution in [0.1, 0.15) is 11.1 Å². The Morgan fingerprint density at radius 3 is 2.40 bits per heavy atom. The second-order valence-corrected chi connectivity index (χ2v) is 4.94. The Balaban J connectivity index is 2.25. The van der Waals surface area contributed by atoms with Crippen LogP contribution in [0.3, 0.4) is 0 Å². The first kappa shape index (κ1) is 14.0. The molecule has 0 atom stereocenters. The monoisotopic (exact) mass is 270 g/mol. The van der Waals surface area contributed by atoms with Gasteiger partial charge in [-0.2, -0.15) is 9.84 Å². The van der Waals surface area contributed by atoms with Gasteiger partial charge < -0.3 is 10.1 Å². The van der Waals surface area contributed by atoms with Gasteiger partial charge in [-0.25, -0.2) is 0 Å². The molecule has 1 heterocycles. The van der Waals surface area contributed by atoms with Crippen molar-refractivity contribution in [3.05, 3.63) is 53.0 Å². The Bertz CT molecular complexity index is 650. The molecule has 5 heteroatoms. The Hall–Kier alpha value is -2.43. The number of pyridine rings is 1. The van der Waals surface area contributed by atoms with Crippen molar-refractivity contribution in [2.45, 2.75) is 13.8 Å². The maximum Gasteiger partial charge on any atom is 0.185 e. The Morgan fingerprint density at radius 1 is 1.05 bits per heavy atom. The minimum atomic E-state index is 0.700. The number of anilines is 1. The summed E-state index contributed by atoms with van der Waals surface area (Å²) < 4.78 is 0.754. The van der Waals surface area contributed by atoms with Crippen molar-refractivity contribution in [2.24, 2.45) is 10.2 Å². The molecule has 0 N–H and O–H groups in total. The Kier molecular flexibility index (Phi) is 3.98. The van der Waals surface area contributed by atoms with E-state index in [1.807, 2.05) is 46.1 Å². The van der Waals surface area contributed by atoms with E-state index in [0.29, 0.717) is 5.69 Å². The van der Waals surface area contributed by atoms with Crippen molar-refractivity contribution in [1.29, 1.82) is 0 Å². The van der Waals surface area contributed by atoms with Gasteiger partial charge in [-0.15, -0.1) is 5.11 Å². The maximum absolute atomic E-state index is 11.1. The predicted octanol–water partition coefficient (Wildman–Crippen LogP) is 3.42. The molecule has 5 nitrogen and oxygen atoms in total. The van der Waals surface area contributed by atoms with Crippen molar-refractivity contribution < 1.29 is 4.73 Å². The van der Waals surface area contributed by atoms with E-state index in [4.69, 9.17) is 0 Å². The zero-order valence-electron chi connectivity index (χ0n) is 12.2. The minimum absolute atomic E-state index is 0.700. The van der Waals surface area contributed by atoms with Crippen LogP contribution in [0.4, 0.5) is 17.1 Å². The molecule has 0 bridgehead atoms. The number of aryl methyl sites for hydroxylation is 2. The van der Waals surface area contributed by atoms with E-state index < -0.39 is 0 Å². The van der Waals surface area contributed by atoms with Crippen LogP contribution in [0.15, 0.2) is 46.9 Å². The number of azo groups is 1. The van der Waals surface area contributed by atoms with E-state index >= 15 is 0 Å². The van der Waals surface area contributed by atoms with Crippen molar-refractivity contribution in [3.8, 4) is 0 Å². The lowest BCUT2D eigenvalue weighted by Gasteiger charge is -2.15. The molecule has 0 aliphatic heterocycles. The highest BCUT2D eigenvalue weighted by atomic mass is 16.5. The number of hydrogen-bond donors (Lipinski definition) is 0. The van der Waals surface area contributed by atoms with Crippen LogP contribution in [0.5, 0.6) is 0 Å². The fraction of sp³-hybridized carbons (Fsp3) is 0.267. The summed E-state index contributed by atoms with van der Waals surface area (Å²) in [6, 6.07) is 7.60. The lowest BCUT2D eigenvalue weighted by molar-refractivity contribution is -0.605. The van der Waals surface area contributed by atoms with Gasteiger partial charge in [0.2, 0.25) is 0 Å². The number of hydrogen-bond acceptors (Lipinski definition) is 4. The largest absolute Gasteiger partial charge is 0.619 e. The van der Waals surface area contributed by atoms with E-state index in [2.05, 4.69) is 15.1 Å². The number of benzene rings is 1. The molecule has 104 valence electrons. The van der Waals surface area contributed by atoms with Gasteiger partial charge in [0.25, 0.3) is 0 Å². The first-order valence-electron chi connectivity index (χ1n) is 6.36. The molecule has 0 saturated heterocycles. The van der Waals surface area contributed by atoms with Gasteiger partial charge in [-0.1, -0.05) is 0 Å². The van der Waals surface area contributed by atoms with Crippen molar-refractivity contribution in [2.75, 3.05) is 19.0 Å². The summed E-state index contributed by atoms with van der Waals surface area (Å²) in [5.74, 6) is 0. The van der Waals surface area contributed by atoms with Crippen LogP contribution in [0.25, 0.3) is 0 Å². The summed E-state index contributed by atoms with van der Waals surface area (Å²) in [5, 5.41) is 19.5. The molecule has 0 unspecified atom stereocenters. The average Bonchev–Trinajstić information content (AvgIpc) is 2.37. The third-order valence-corrected chi connectivity index (χ3v) is 3.04. The molecule has 0 aliphatic rings. The summed E-state index contributed by atoms with van der Waals surface area (Å²) in [5.41, 5.74) is 4.60. The van der Waals surface area contributed by atoms with E-state index in [1.54, 1.807) is 6.07 Å². The van der Waals surface area contributed by atoms with Crippen LogP contribution in [-0.4, -0.2) is 14.1 Å². The van der Waals surface area contributed by atoms with Crippen LogP contribution in [0, 0.1) is 19.1 Å². The van der Waals surface area contributed by atoms with Gasteiger partial charge in [-0.3, -0.25) is 0 Å². The van der Waals surface area contributed by atoms with E-state index in [1.165, 1.54) is 12.4 Å². The van der Waals surface area contributed by atoms with Crippen LogP contribution in [0.2, 0.25) is 0 Å². The summed E-state index contributed by atoms with van der Waals surface area (Å²) >= 11 is 0. The molecule has 2 rings (SSSR count). The first-order valence-corrected chi connectivity index (χ1v) is 6.36. The van der Waals surface area contributed by atoms with Crippen molar-refractivity contribution >= 4 is 17.1 Å². The predicted molar refractivity (Wildman–Crippen MR) is 79.8 cm³/mol. The number of aromatic nitrogens is 1. The Labute approximate surface area is 118 Å². The summed E-state index contributed by atoms with van der Waals surface area (Å²) in [6.45, 7) is 3.88. The van der Waals surface area contributed by atoms with Crippen molar-refractivity contribution in [3.63, 3.8) is 0 Å². The highest BCUT2D eigenvalue weighted by molar-refractivity contribution is 5.58. The molecule has 0 aliphatic carbocycles. The third-order valence-electron chi connectivity index (χ3n) is 3.04. The number of rotatable bonds is 3. The van der Waals surface area contributed by atoms with Gasteiger partial charge in [0.05, 0.1) is 5.69 Å². The van der Waals surface area contributed by atoms with Crippen molar-refractivity contribution in [1.82, 2.24) is 0 Å². The molecule has 0 amide bonds. The van der Waals surface area contributed by atoms with Gasteiger partial charge >= 0.3 is 0 Å². The molecule has 0 saturated carbocycles. The molecule has 0 radical (unpaired) electrons. The summed E-state index contributed by atoms with van der Waals surface area (Å²) in [4.78, 5) is 2.06. The summed E-state index contributed by atoms with van der Waals surface area (Å²) in [6.07, 6.45) is 2.90. The van der Waals surface area contributed by atoms with E-state index in [9.17, 15) is 5.21 Å². The topological polar surface area (TPSA) is 54.9 Å². The van der Waals surface area contributed by atoms with Crippen LogP contribution in [-0.2, 0) is 0 Å². The smallest absolute Gasteiger partial charge is 0.185 e. The molecule has 20 heavy (non-hydrogen) atoms. The molecular weight excluding hydrogens is 252 g/mol. The standard InChI is InChI=1S/C15H18N4O/c1-11-9-13(5-6-15(11)18(3)4)16-17-14-7-8-19(20)10-12(14)2/h5-10H,1-4H3. The first-order chi connectivity index (χ1) is 9.47. The van der Waals surface area contributed by atoms with Gasteiger partial charge in [0.1, 0.15) is 5.69 Å². The van der Waals surface area contributed by atoms with E-state index in [0.717, 1.165) is 27.2 Å². The van der Waals surface area contributed by atoms with Gasteiger partial charge in [-0.05, 0) is 37.6 Å². The minimum Gasteiger partial charge on any atom is -0.619 e. The van der Waals surface area contributed by atoms with Crippen LogP contribution >= 0.6 is 0 Å². The molecule has 1 aromatic carbocycles. The molecule has 1 aromatic heterocycles. The van der Waals surface area contributed by atoms with Gasteiger partial charge in [0.15, 0.2) is 12.4 Å². The fourth-order valence-corrected chi connectivity index (χ4v) is 2.00.